The van der Waals surface area contributed by atoms with Crippen LogP contribution in [0.3, 0.4) is 0 Å². The second-order valence-electron chi connectivity index (χ2n) is 9.51. The molecule has 5 nitrogen and oxygen atoms in total. The molecule has 1 saturated heterocycles. The third kappa shape index (κ3) is 5.93. The van der Waals surface area contributed by atoms with Crippen LogP contribution in [0.4, 0.5) is 15.8 Å². The molecule has 4 rings (SSSR count). The lowest BCUT2D eigenvalue weighted by molar-refractivity contribution is -0.120. The molecule has 1 heterocycles. The van der Waals surface area contributed by atoms with Gasteiger partial charge in [0.2, 0.25) is 5.91 Å². The summed E-state index contributed by atoms with van der Waals surface area (Å²) in [5.74, 6) is -0.381. The molecule has 0 radical (unpaired) electrons. The Morgan fingerprint density at radius 2 is 1.69 bits per heavy atom. The van der Waals surface area contributed by atoms with Gasteiger partial charge in [-0.15, -0.1) is 0 Å². The molecule has 1 atom stereocenters. The number of halogens is 1. The zero-order chi connectivity index (χ0) is 25.5. The van der Waals surface area contributed by atoms with Crippen LogP contribution in [0.25, 0.3) is 0 Å². The Kier molecular flexibility index (Phi) is 8.70. The summed E-state index contributed by atoms with van der Waals surface area (Å²) in [6.07, 6.45) is 9.84. The number of hydrogen-bond donors (Lipinski definition) is 1. The minimum absolute atomic E-state index is 0.0681. The van der Waals surface area contributed by atoms with Crippen LogP contribution in [-0.2, 0) is 4.79 Å². The Morgan fingerprint density at radius 3 is 2.31 bits per heavy atom. The Balaban J connectivity index is 1.45. The van der Waals surface area contributed by atoms with E-state index in [-0.39, 0.29) is 29.5 Å². The van der Waals surface area contributed by atoms with E-state index in [1.807, 2.05) is 49.1 Å². The molecule has 0 spiro atoms. The molecule has 190 valence electrons. The number of Topliss-reactive ketones (excluding diaryl/α,β-unsaturated/α-hetero) is 1. The highest BCUT2D eigenvalue weighted by Crippen LogP contribution is 2.28. The molecule has 2 aromatic rings. The Labute approximate surface area is 213 Å². The summed E-state index contributed by atoms with van der Waals surface area (Å²) in [4.78, 5) is 30.2. The molecule has 0 aromatic heterocycles. The minimum atomic E-state index is -0.347. The lowest BCUT2D eigenvalue weighted by Gasteiger charge is -2.40. The molecule has 2 aromatic carbocycles. The third-order valence-electron chi connectivity index (χ3n) is 7.24. The molecule has 1 unspecified atom stereocenters. The summed E-state index contributed by atoms with van der Waals surface area (Å²) in [6.45, 7) is 6.51. The molecule has 1 aliphatic heterocycles. The fraction of sp³-hybridized carbons (Fsp3) is 0.400. The first-order valence-electron chi connectivity index (χ1n) is 13.1. The number of anilines is 2. The number of nitrogens with zero attached hydrogens (tertiary/aromatic N) is 2. The molecular formula is C30H36FN3O2. The maximum atomic E-state index is 15.1. The van der Waals surface area contributed by atoms with E-state index in [2.05, 4.69) is 28.4 Å². The van der Waals surface area contributed by atoms with Gasteiger partial charge in [-0.3, -0.25) is 14.5 Å². The Morgan fingerprint density at radius 1 is 0.972 bits per heavy atom. The molecule has 36 heavy (non-hydrogen) atoms. The molecule has 1 amide bonds. The van der Waals surface area contributed by atoms with Gasteiger partial charge in [-0.25, -0.2) is 4.39 Å². The van der Waals surface area contributed by atoms with Crippen LogP contribution in [0.1, 0.15) is 49.9 Å². The van der Waals surface area contributed by atoms with Crippen molar-refractivity contribution in [3.63, 3.8) is 0 Å². The number of ketones is 1. The summed E-state index contributed by atoms with van der Waals surface area (Å²) >= 11 is 0. The van der Waals surface area contributed by atoms with Gasteiger partial charge >= 0.3 is 0 Å². The zero-order valence-electron chi connectivity index (χ0n) is 21.3. The van der Waals surface area contributed by atoms with E-state index < -0.39 is 0 Å². The average molecular weight is 490 g/mol. The van der Waals surface area contributed by atoms with Crippen LogP contribution in [0.5, 0.6) is 0 Å². The number of rotatable bonds is 9. The van der Waals surface area contributed by atoms with Crippen molar-refractivity contribution in [2.45, 2.75) is 45.6 Å². The quantitative estimate of drug-likeness (QED) is 0.449. The summed E-state index contributed by atoms with van der Waals surface area (Å²) < 4.78 is 15.1. The second-order valence-corrected chi connectivity index (χ2v) is 9.51. The summed E-state index contributed by atoms with van der Waals surface area (Å²) in [7, 11) is 0. The summed E-state index contributed by atoms with van der Waals surface area (Å²) in [5, 5.41) is 2.85. The van der Waals surface area contributed by atoms with Gasteiger partial charge in [-0.1, -0.05) is 62.4 Å². The number of nitrogens with one attached hydrogen (secondary N) is 1. The van der Waals surface area contributed by atoms with E-state index in [1.54, 1.807) is 12.1 Å². The number of hydrogen-bond acceptors (Lipinski definition) is 4. The fourth-order valence-electron chi connectivity index (χ4n) is 5.09. The van der Waals surface area contributed by atoms with Gasteiger partial charge in [0.05, 0.1) is 11.7 Å². The van der Waals surface area contributed by atoms with E-state index in [1.165, 1.54) is 6.07 Å². The number of benzene rings is 2. The number of carbonyl (C=O) groups is 2. The predicted molar refractivity (Wildman–Crippen MR) is 144 cm³/mol. The molecule has 1 N–H and O–H groups in total. The topological polar surface area (TPSA) is 52.7 Å². The van der Waals surface area contributed by atoms with Crippen LogP contribution in [0.2, 0.25) is 0 Å². The lowest BCUT2D eigenvalue weighted by atomic mass is 9.91. The smallest absolute Gasteiger partial charge is 0.227 e. The van der Waals surface area contributed by atoms with Gasteiger partial charge in [0, 0.05) is 43.3 Å². The van der Waals surface area contributed by atoms with E-state index >= 15 is 4.39 Å². The lowest BCUT2D eigenvalue weighted by Crippen LogP contribution is -2.53. The van der Waals surface area contributed by atoms with Crippen LogP contribution >= 0.6 is 0 Å². The van der Waals surface area contributed by atoms with Crippen molar-refractivity contribution in [2.24, 2.45) is 5.92 Å². The van der Waals surface area contributed by atoms with E-state index in [0.29, 0.717) is 43.1 Å². The summed E-state index contributed by atoms with van der Waals surface area (Å²) in [5.41, 5.74) is 2.77. The van der Waals surface area contributed by atoms with Crippen LogP contribution in [0.15, 0.2) is 72.3 Å². The molecular weight excluding hydrogens is 453 g/mol. The average Bonchev–Trinajstić information content (AvgIpc) is 2.91. The standard InChI is InChI=1S/C30H36FN3O2/c1-3-22(4-2)30(36)32-25-15-16-27(26(31)21-25)33-17-19-34(20-18-33)28(23-11-7-5-8-12-23)29(35)24-13-9-6-10-14-24/h6-7,9-16,21-22,28H,3-5,8,17-20H2,1-2H3,(H,32,36). The SMILES string of the molecule is CCC(CC)C(=O)Nc1ccc(N2CCN(C(C(=O)c3ccccc3)C3=CCCC=C3)CC2)c(F)c1. The van der Waals surface area contributed by atoms with Gasteiger partial charge < -0.3 is 10.2 Å². The fourth-order valence-corrected chi connectivity index (χ4v) is 5.09. The van der Waals surface area contributed by atoms with Crippen molar-refractivity contribution in [1.82, 2.24) is 4.90 Å². The molecule has 0 bridgehead atoms. The first-order valence-corrected chi connectivity index (χ1v) is 13.1. The summed E-state index contributed by atoms with van der Waals surface area (Å²) in [6, 6.07) is 14.0. The van der Waals surface area contributed by atoms with Gasteiger partial charge in [-0.2, -0.15) is 0 Å². The van der Waals surface area contributed by atoms with Gasteiger partial charge in [0.1, 0.15) is 5.82 Å². The first-order chi connectivity index (χ1) is 17.5. The maximum Gasteiger partial charge on any atom is 0.227 e. The Bertz CT molecular complexity index is 1120. The molecule has 1 aliphatic carbocycles. The van der Waals surface area contributed by atoms with Gasteiger partial charge in [0.25, 0.3) is 0 Å². The number of piperazine rings is 1. The molecule has 6 heteroatoms. The normalized spacial score (nSPS) is 17.1. The highest BCUT2D eigenvalue weighted by molar-refractivity contribution is 6.02. The van der Waals surface area contributed by atoms with E-state index in [9.17, 15) is 9.59 Å². The number of amides is 1. The van der Waals surface area contributed by atoms with Crippen molar-refractivity contribution >= 4 is 23.1 Å². The zero-order valence-corrected chi connectivity index (χ0v) is 21.3. The second kappa shape index (κ2) is 12.1. The van der Waals surface area contributed by atoms with Crippen molar-refractivity contribution in [2.75, 3.05) is 36.4 Å². The van der Waals surface area contributed by atoms with Crippen molar-refractivity contribution in [3.05, 3.63) is 83.7 Å². The molecule has 0 saturated carbocycles. The largest absolute Gasteiger partial charge is 0.367 e. The van der Waals surface area contributed by atoms with Crippen molar-refractivity contribution in [1.29, 1.82) is 0 Å². The number of carbonyl (C=O) groups excluding carboxylic acids is 2. The van der Waals surface area contributed by atoms with E-state index in [4.69, 9.17) is 0 Å². The molecule has 1 fully saturated rings. The minimum Gasteiger partial charge on any atom is -0.367 e. The van der Waals surface area contributed by atoms with Crippen molar-refractivity contribution in [3.8, 4) is 0 Å². The third-order valence-corrected chi connectivity index (χ3v) is 7.24. The van der Waals surface area contributed by atoms with Gasteiger partial charge in [-0.05, 0) is 49.5 Å². The number of allylic oxidation sites excluding steroid dienone is 2. The van der Waals surface area contributed by atoms with Crippen LogP contribution in [-0.4, -0.2) is 48.8 Å². The Hall–Kier alpha value is -3.25. The molecule has 2 aliphatic rings. The predicted octanol–water partition coefficient (Wildman–Crippen LogP) is 5.85. The van der Waals surface area contributed by atoms with Crippen molar-refractivity contribution < 1.29 is 14.0 Å². The van der Waals surface area contributed by atoms with Gasteiger partial charge in [0.15, 0.2) is 5.78 Å². The highest BCUT2D eigenvalue weighted by Gasteiger charge is 2.32. The monoisotopic (exact) mass is 489 g/mol. The first kappa shape index (κ1) is 25.8. The van der Waals surface area contributed by atoms with Crippen LogP contribution < -0.4 is 10.2 Å². The van der Waals surface area contributed by atoms with E-state index in [0.717, 1.165) is 31.3 Å². The van der Waals surface area contributed by atoms with Crippen LogP contribution in [0, 0.1) is 11.7 Å². The maximum absolute atomic E-state index is 15.1. The highest BCUT2D eigenvalue weighted by atomic mass is 19.1.